The Morgan fingerprint density at radius 3 is 1.95 bits per heavy atom. The maximum atomic E-state index is 5.90. The van der Waals surface area contributed by atoms with Crippen LogP contribution in [0.3, 0.4) is 0 Å². The fourth-order valence-electron chi connectivity index (χ4n) is 5.64. The number of halogens is 1. The van der Waals surface area contributed by atoms with E-state index in [1.165, 1.54) is 56.9 Å². The minimum atomic E-state index is -3.06. The molecular weight excluding hydrogens is 696 g/mol. The molecule has 0 aliphatic carbocycles. The van der Waals surface area contributed by atoms with Gasteiger partial charge in [0.1, 0.15) is 0 Å². The first-order valence-corrected chi connectivity index (χ1v) is 21.7. The van der Waals surface area contributed by atoms with Gasteiger partial charge >= 0.3 is 270 Å². The van der Waals surface area contributed by atoms with E-state index in [0.29, 0.717) is 13.2 Å². The molecule has 3 aromatic carbocycles. The summed E-state index contributed by atoms with van der Waals surface area (Å²) in [6.07, 6.45) is 7.44. The first-order valence-electron chi connectivity index (χ1n) is 15.2. The molecule has 0 amide bonds. The number of hydrogen-bond acceptors (Lipinski definition) is 3. The second-order valence-corrected chi connectivity index (χ2v) is 23.1. The van der Waals surface area contributed by atoms with Gasteiger partial charge in [0.2, 0.25) is 0 Å². The summed E-state index contributed by atoms with van der Waals surface area (Å²) in [6.45, 7) is 10.7. The average molecular weight is 741 g/mol. The maximum absolute atomic E-state index is 5.90. The van der Waals surface area contributed by atoms with Crippen molar-refractivity contribution in [1.82, 2.24) is 0 Å². The molecule has 5 heteroatoms. The van der Waals surface area contributed by atoms with E-state index in [4.69, 9.17) is 9.47 Å². The number of aryl methyl sites for hydroxylation is 4. The van der Waals surface area contributed by atoms with E-state index < -0.39 is 13.3 Å². The van der Waals surface area contributed by atoms with E-state index in [0.717, 1.165) is 18.8 Å². The van der Waals surface area contributed by atoms with Gasteiger partial charge in [-0.1, -0.05) is 0 Å². The van der Waals surface area contributed by atoms with Gasteiger partial charge < -0.3 is 0 Å². The molecule has 0 atom stereocenters. The van der Waals surface area contributed by atoms with Crippen LogP contribution < -0.4 is 17.2 Å². The van der Waals surface area contributed by atoms with Gasteiger partial charge in [-0.05, 0) is 0 Å². The van der Waals surface area contributed by atoms with Crippen LogP contribution in [0, 0.1) is 16.7 Å². The summed E-state index contributed by atoms with van der Waals surface area (Å²) in [7, 11) is 0. The fourth-order valence-corrected chi connectivity index (χ4v) is 21.9. The van der Waals surface area contributed by atoms with E-state index in [1.54, 1.807) is 18.1 Å². The second kappa shape index (κ2) is 16.3. The SMILES string of the molecule is CCCCCCc1cc(I)s[c]1[Ge]([CH2]Cc1ccc(OCCOCC)cc1)([c]1ccc(C)cc1)[c]1ccc(C)cc1. The Morgan fingerprint density at radius 1 is 0.732 bits per heavy atom. The topological polar surface area (TPSA) is 18.5 Å². The number of benzene rings is 3. The predicted molar refractivity (Wildman–Crippen MR) is 189 cm³/mol. The van der Waals surface area contributed by atoms with Crippen molar-refractivity contribution in [1.29, 1.82) is 0 Å². The molecule has 0 spiro atoms. The van der Waals surface area contributed by atoms with Crippen molar-refractivity contribution in [2.45, 2.75) is 71.5 Å². The Morgan fingerprint density at radius 2 is 1.37 bits per heavy atom. The molecule has 0 radical (unpaired) electrons. The van der Waals surface area contributed by atoms with Gasteiger partial charge in [-0.3, -0.25) is 0 Å². The van der Waals surface area contributed by atoms with Crippen molar-refractivity contribution in [3.63, 3.8) is 0 Å². The second-order valence-electron chi connectivity index (χ2n) is 11.0. The zero-order chi connectivity index (χ0) is 29.1. The Labute approximate surface area is 268 Å². The summed E-state index contributed by atoms with van der Waals surface area (Å²) in [4.78, 5) is 0. The first-order chi connectivity index (χ1) is 20.0. The normalized spacial score (nSPS) is 11.6. The molecule has 1 aromatic heterocycles. The number of unbranched alkanes of at least 4 members (excludes halogenated alkanes) is 3. The number of rotatable bonds is 16. The van der Waals surface area contributed by atoms with Gasteiger partial charge in [-0.25, -0.2) is 0 Å². The molecular formula is C36H45GeIO2S. The van der Waals surface area contributed by atoms with Crippen LogP contribution in [-0.4, -0.2) is 33.1 Å². The Hall–Kier alpha value is -1.61. The molecule has 0 aliphatic rings. The quantitative estimate of drug-likeness (QED) is 0.0655. The molecule has 0 bridgehead atoms. The van der Waals surface area contributed by atoms with Crippen LogP contribution in [-0.2, 0) is 17.6 Å². The molecule has 1 heterocycles. The third-order valence-corrected chi connectivity index (χ3v) is 22.1. The minimum absolute atomic E-state index is 0.588. The van der Waals surface area contributed by atoms with Gasteiger partial charge in [0, 0.05) is 0 Å². The number of hydrogen-bond donors (Lipinski definition) is 0. The Balaban J connectivity index is 1.74. The number of ether oxygens (including phenoxy) is 2. The summed E-state index contributed by atoms with van der Waals surface area (Å²) in [5.74, 6) is 0.917. The van der Waals surface area contributed by atoms with E-state index in [-0.39, 0.29) is 0 Å². The number of thiophene rings is 1. The van der Waals surface area contributed by atoms with Crippen LogP contribution in [0.1, 0.15) is 61.8 Å². The van der Waals surface area contributed by atoms with Crippen molar-refractivity contribution < 1.29 is 9.47 Å². The van der Waals surface area contributed by atoms with Crippen molar-refractivity contribution in [3.05, 3.63) is 104 Å². The Bertz CT molecular complexity index is 1280. The monoisotopic (exact) mass is 742 g/mol. The van der Waals surface area contributed by atoms with E-state index >= 15 is 0 Å². The fraction of sp³-hybridized carbons (Fsp3) is 0.389. The van der Waals surface area contributed by atoms with Gasteiger partial charge in [0.15, 0.2) is 0 Å². The van der Waals surface area contributed by atoms with Crippen LogP contribution in [0.15, 0.2) is 78.9 Å². The predicted octanol–water partition coefficient (Wildman–Crippen LogP) is 8.22. The molecule has 0 fully saturated rings. The van der Waals surface area contributed by atoms with E-state index in [1.807, 2.05) is 6.92 Å². The molecule has 0 saturated carbocycles. The van der Waals surface area contributed by atoms with Gasteiger partial charge in [-0.2, -0.15) is 0 Å². The molecule has 4 aromatic rings. The van der Waals surface area contributed by atoms with Gasteiger partial charge in [0.25, 0.3) is 0 Å². The van der Waals surface area contributed by atoms with Gasteiger partial charge in [0.05, 0.1) is 0 Å². The standard InChI is InChI=1S/C36H45GeIO2S/c1-5-7-8-9-10-31-27-35(38)41-36(31)37(32-17-11-28(3)12-18-32,33-19-13-29(4)14-20-33)24-23-30-15-21-34(22-16-30)40-26-25-39-6-2/h11-22,27H,5-10,23-26H2,1-4H3. The van der Waals surface area contributed by atoms with Crippen LogP contribution in [0.4, 0.5) is 0 Å². The summed E-state index contributed by atoms with van der Waals surface area (Å²) < 4.78 is 17.6. The summed E-state index contributed by atoms with van der Waals surface area (Å²) >= 11 is 1.58. The molecule has 41 heavy (non-hydrogen) atoms. The third kappa shape index (κ3) is 8.71. The molecule has 2 nitrogen and oxygen atoms in total. The van der Waals surface area contributed by atoms with Gasteiger partial charge in [-0.15, -0.1) is 0 Å². The van der Waals surface area contributed by atoms with Crippen molar-refractivity contribution in [2.24, 2.45) is 0 Å². The average Bonchev–Trinajstić information content (AvgIpc) is 3.36. The summed E-state index contributed by atoms with van der Waals surface area (Å²) in [5.41, 5.74) is 5.64. The zero-order valence-corrected chi connectivity index (χ0v) is 30.3. The third-order valence-electron chi connectivity index (χ3n) is 7.97. The zero-order valence-electron chi connectivity index (χ0n) is 25.2. The van der Waals surface area contributed by atoms with Crippen molar-refractivity contribution >= 4 is 59.7 Å². The molecule has 0 aliphatic heterocycles. The van der Waals surface area contributed by atoms with Crippen LogP contribution >= 0.6 is 33.9 Å². The molecule has 218 valence electrons. The molecule has 0 unspecified atom stereocenters. The van der Waals surface area contributed by atoms with E-state index in [2.05, 4.69) is 134 Å². The first kappa shape index (κ1) is 32.3. The summed E-state index contributed by atoms with van der Waals surface area (Å²) in [5, 5.41) is 1.19. The molecule has 0 saturated heterocycles. The van der Waals surface area contributed by atoms with Crippen LogP contribution in [0.5, 0.6) is 5.75 Å². The van der Waals surface area contributed by atoms with Crippen LogP contribution in [0.25, 0.3) is 0 Å². The van der Waals surface area contributed by atoms with Crippen molar-refractivity contribution in [3.8, 4) is 5.75 Å². The van der Waals surface area contributed by atoms with E-state index in [9.17, 15) is 0 Å². The molecule has 0 N–H and O–H groups in total. The van der Waals surface area contributed by atoms with Crippen molar-refractivity contribution in [2.75, 3.05) is 19.8 Å². The molecule has 4 rings (SSSR count). The Kier molecular flexibility index (Phi) is 12.8. The van der Waals surface area contributed by atoms with Crippen LogP contribution in [0.2, 0.25) is 5.25 Å². The summed E-state index contributed by atoms with van der Waals surface area (Å²) in [6, 6.07) is 30.4.